The third-order valence-corrected chi connectivity index (χ3v) is 3.45. The van der Waals surface area contributed by atoms with Gasteiger partial charge < -0.3 is 10.1 Å². The minimum Gasteiger partial charge on any atom is -0.494 e. The van der Waals surface area contributed by atoms with E-state index in [0.29, 0.717) is 24.7 Å². The zero-order valence-electron chi connectivity index (χ0n) is 11.4. The first-order valence-corrected chi connectivity index (χ1v) is 6.81. The molecule has 0 bridgehead atoms. The van der Waals surface area contributed by atoms with Crippen LogP contribution in [0.2, 0.25) is 0 Å². The number of carbonyl (C=O) groups is 1. The molecular formula is C14H18N2O4. The third kappa shape index (κ3) is 3.46. The number of benzene rings is 1. The molecule has 0 heterocycles. The van der Waals surface area contributed by atoms with Gasteiger partial charge in [0.05, 0.1) is 17.6 Å². The molecule has 0 spiro atoms. The molecule has 2 rings (SSSR count). The Morgan fingerprint density at radius 1 is 1.50 bits per heavy atom. The summed E-state index contributed by atoms with van der Waals surface area (Å²) in [6.45, 7) is 2.24. The number of anilines is 1. The van der Waals surface area contributed by atoms with Crippen LogP contribution in [-0.4, -0.2) is 17.4 Å². The quantitative estimate of drug-likeness (QED) is 0.640. The van der Waals surface area contributed by atoms with E-state index in [1.165, 1.54) is 18.6 Å². The van der Waals surface area contributed by atoms with Gasteiger partial charge in [-0.1, -0.05) is 6.42 Å². The van der Waals surface area contributed by atoms with Crippen molar-refractivity contribution >= 4 is 17.3 Å². The lowest BCUT2D eigenvalue weighted by Crippen LogP contribution is -2.21. The Balaban J connectivity index is 2.08. The number of nitro groups is 1. The van der Waals surface area contributed by atoms with Crippen LogP contribution in [0.1, 0.15) is 32.6 Å². The monoisotopic (exact) mass is 278 g/mol. The molecule has 1 amide bonds. The molecule has 6 nitrogen and oxygen atoms in total. The van der Waals surface area contributed by atoms with E-state index in [1.54, 1.807) is 13.0 Å². The predicted octanol–water partition coefficient (Wildman–Crippen LogP) is 3.12. The summed E-state index contributed by atoms with van der Waals surface area (Å²) >= 11 is 0. The van der Waals surface area contributed by atoms with Crippen molar-refractivity contribution in [2.75, 3.05) is 11.9 Å². The van der Waals surface area contributed by atoms with Crippen molar-refractivity contribution in [2.24, 2.45) is 5.92 Å². The Hall–Kier alpha value is -2.11. The molecule has 1 fully saturated rings. The van der Waals surface area contributed by atoms with Gasteiger partial charge in [-0.2, -0.15) is 0 Å². The van der Waals surface area contributed by atoms with Gasteiger partial charge in [-0.25, -0.2) is 0 Å². The van der Waals surface area contributed by atoms with Crippen LogP contribution in [-0.2, 0) is 4.79 Å². The standard InChI is InChI=1S/C14H18N2O4/c1-2-20-11-6-7-12(13(9-11)16(18)19)15-14(17)8-10-4-3-5-10/h6-7,9-10H,2-5,8H2,1H3,(H,15,17). The van der Waals surface area contributed by atoms with Gasteiger partial charge in [0.1, 0.15) is 11.4 Å². The van der Waals surface area contributed by atoms with E-state index in [4.69, 9.17) is 4.74 Å². The maximum Gasteiger partial charge on any atom is 0.296 e. The molecule has 0 aromatic heterocycles. The van der Waals surface area contributed by atoms with E-state index < -0.39 is 4.92 Å². The molecule has 0 radical (unpaired) electrons. The molecule has 1 aromatic carbocycles. The number of hydrogen-bond acceptors (Lipinski definition) is 4. The average Bonchev–Trinajstić information content (AvgIpc) is 2.36. The average molecular weight is 278 g/mol. The fourth-order valence-corrected chi connectivity index (χ4v) is 2.19. The molecule has 0 saturated heterocycles. The zero-order valence-corrected chi connectivity index (χ0v) is 11.4. The summed E-state index contributed by atoms with van der Waals surface area (Å²) in [5.74, 6) is 0.690. The third-order valence-electron chi connectivity index (χ3n) is 3.45. The summed E-state index contributed by atoms with van der Waals surface area (Å²) in [5.41, 5.74) is 0.0840. The minimum absolute atomic E-state index is 0.141. The molecule has 1 aliphatic rings. The number of nitrogens with zero attached hydrogens (tertiary/aromatic N) is 1. The lowest BCUT2D eigenvalue weighted by atomic mass is 9.83. The van der Waals surface area contributed by atoms with Gasteiger partial charge in [-0.05, 0) is 37.8 Å². The van der Waals surface area contributed by atoms with Crippen LogP contribution in [0, 0.1) is 16.0 Å². The van der Waals surface area contributed by atoms with Crippen LogP contribution in [0.4, 0.5) is 11.4 Å². The second-order valence-electron chi connectivity index (χ2n) is 4.92. The SMILES string of the molecule is CCOc1ccc(NC(=O)CC2CCC2)c([N+](=O)[O-])c1. The van der Waals surface area contributed by atoms with Crippen molar-refractivity contribution in [3.8, 4) is 5.75 Å². The highest BCUT2D eigenvalue weighted by Gasteiger charge is 2.22. The smallest absolute Gasteiger partial charge is 0.296 e. The Morgan fingerprint density at radius 2 is 2.25 bits per heavy atom. The summed E-state index contributed by atoms with van der Waals surface area (Å²) in [4.78, 5) is 22.4. The molecule has 0 atom stereocenters. The molecule has 1 saturated carbocycles. The lowest BCUT2D eigenvalue weighted by Gasteiger charge is -2.24. The van der Waals surface area contributed by atoms with Crippen molar-refractivity contribution in [1.29, 1.82) is 0 Å². The first kappa shape index (κ1) is 14.3. The number of nitrogens with one attached hydrogen (secondary N) is 1. The summed E-state index contributed by atoms with van der Waals surface area (Å²) in [7, 11) is 0. The molecule has 1 aliphatic carbocycles. The van der Waals surface area contributed by atoms with Crippen molar-refractivity contribution < 1.29 is 14.5 Å². The van der Waals surface area contributed by atoms with E-state index >= 15 is 0 Å². The largest absolute Gasteiger partial charge is 0.494 e. The van der Waals surface area contributed by atoms with E-state index in [0.717, 1.165) is 12.8 Å². The van der Waals surface area contributed by atoms with Gasteiger partial charge in [-0.3, -0.25) is 14.9 Å². The molecule has 1 aromatic rings. The van der Waals surface area contributed by atoms with Gasteiger partial charge in [0, 0.05) is 6.42 Å². The molecule has 20 heavy (non-hydrogen) atoms. The fraction of sp³-hybridized carbons (Fsp3) is 0.500. The predicted molar refractivity (Wildman–Crippen MR) is 74.9 cm³/mol. The second kappa shape index (κ2) is 6.36. The van der Waals surface area contributed by atoms with Gasteiger partial charge in [-0.15, -0.1) is 0 Å². The van der Waals surface area contributed by atoms with Crippen molar-refractivity contribution in [3.05, 3.63) is 28.3 Å². The van der Waals surface area contributed by atoms with Crippen molar-refractivity contribution in [3.63, 3.8) is 0 Å². The highest BCUT2D eigenvalue weighted by Crippen LogP contribution is 2.32. The van der Waals surface area contributed by atoms with Crippen molar-refractivity contribution in [2.45, 2.75) is 32.6 Å². The number of carbonyl (C=O) groups excluding carboxylic acids is 1. The molecule has 6 heteroatoms. The fourth-order valence-electron chi connectivity index (χ4n) is 2.19. The van der Waals surface area contributed by atoms with E-state index in [9.17, 15) is 14.9 Å². The second-order valence-corrected chi connectivity index (χ2v) is 4.92. The highest BCUT2D eigenvalue weighted by molar-refractivity contribution is 5.93. The zero-order chi connectivity index (χ0) is 14.5. The van der Waals surface area contributed by atoms with E-state index in [2.05, 4.69) is 5.32 Å². The number of ether oxygens (including phenoxy) is 1. The molecule has 0 aliphatic heterocycles. The summed E-state index contributed by atoms with van der Waals surface area (Å²) in [6.07, 6.45) is 3.74. The van der Waals surface area contributed by atoms with E-state index in [1.807, 2.05) is 0 Å². The Bertz CT molecular complexity index is 512. The van der Waals surface area contributed by atoms with Crippen LogP contribution in [0.3, 0.4) is 0 Å². The first-order chi connectivity index (χ1) is 9.60. The minimum atomic E-state index is -0.512. The first-order valence-electron chi connectivity index (χ1n) is 6.81. The van der Waals surface area contributed by atoms with E-state index in [-0.39, 0.29) is 17.3 Å². The normalized spacial score (nSPS) is 14.4. The molecule has 1 N–H and O–H groups in total. The topological polar surface area (TPSA) is 81.5 Å². The van der Waals surface area contributed by atoms with Crippen molar-refractivity contribution in [1.82, 2.24) is 0 Å². The number of hydrogen-bond donors (Lipinski definition) is 1. The Labute approximate surface area is 117 Å². The van der Waals surface area contributed by atoms with Crippen LogP contribution in [0.25, 0.3) is 0 Å². The molecular weight excluding hydrogens is 260 g/mol. The number of rotatable bonds is 6. The van der Waals surface area contributed by atoms with Gasteiger partial charge in [0.2, 0.25) is 5.91 Å². The van der Waals surface area contributed by atoms with Gasteiger partial charge in [0.25, 0.3) is 5.69 Å². The maximum atomic E-state index is 11.8. The van der Waals surface area contributed by atoms with Crippen LogP contribution in [0.5, 0.6) is 5.75 Å². The maximum absolute atomic E-state index is 11.8. The molecule has 108 valence electrons. The van der Waals surface area contributed by atoms with Gasteiger partial charge in [0.15, 0.2) is 0 Å². The lowest BCUT2D eigenvalue weighted by molar-refractivity contribution is -0.384. The molecule has 0 unspecified atom stereocenters. The Morgan fingerprint density at radius 3 is 2.80 bits per heavy atom. The number of nitro benzene ring substituents is 1. The summed E-state index contributed by atoms with van der Waals surface area (Å²) in [5, 5.41) is 13.7. The Kier molecular flexibility index (Phi) is 4.55. The van der Waals surface area contributed by atoms with Crippen LogP contribution >= 0.6 is 0 Å². The van der Waals surface area contributed by atoms with Crippen LogP contribution < -0.4 is 10.1 Å². The highest BCUT2D eigenvalue weighted by atomic mass is 16.6. The van der Waals surface area contributed by atoms with Crippen LogP contribution in [0.15, 0.2) is 18.2 Å². The number of amides is 1. The van der Waals surface area contributed by atoms with Gasteiger partial charge >= 0.3 is 0 Å². The summed E-state index contributed by atoms with van der Waals surface area (Å²) in [6, 6.07) is 4.47. The summed E-state index contributed by atoms with van der Waals surface area (Å²) < 4.78 is 5.23.